The van der Waals surface area contributed by atoms with Gasteiger partial charge in [0, 0.05) is 34.3 Å². The number of benzene rings is 1. The number of anilines is 1. The largest absolute Gasteiger partial charge is 0.494 e. The van der Waals surface area contributed by atoms with Crippen LogP contribution in [0.25, 0.3) is 0 Å². The number of carbonyl (C=O) groups excluding carboxylic acids is 1. The molecule has 2 aliphatic rings. The van der Waals surface area contributed by atoms with Gasteiger partial charge in [-0.15, -0.1) is 0 Å². The first kappa shape index (κ1) is 23.5. The molecule has 2 heterocycles. The summed E-state index contributed by atoms with van der Waals surface area (Å²) in [6.45, 7) is 5.12. The summed E-state index contributed by atoms with van der Waals surface area (Å²) in [4.78, 5) is 20.2. The Morgan fingerprint density at radius 3 is 2.76 bits per heavy atom. The molecule has 0 unspecified atom stereocenters. The lowest BCUT2D eigenvalue weighted by Gasteiger charge is -2.30. The highest BCUT2D eigenvalue weighted by Crippen LogP contribution is 2.50. The van der Waals surface area contributed by atoms with Crippen LogP contribution in [0, 0.1) is 24.7 Å². The number of piperidine rings is 1. The summed E-state index contributed by atoms with van der Waals surface area (Å²) >= 11 is 0. The van der Waals surface area contributed by atoms with Crippen molar-refractivity contribution < 1.29 is 18.8 Å². The van der Waals surface area contributed by atoms with Gasteiger partial charge in [-0.25, -0.2) is 0 Å². The summed E-state index contributed by atoms with van der Waals surface area (Å²) in [7, 11) is 5.21. The van der Waals surface area contributed by atoms with Gasteiger partial charge in [-0.3, -0.25) is 4.79 Å². The van der Waals surface area contributed by atoms with Crippen LogP contribution in [0.4, 0.5) is 6.01 Å². The third-order valence-corrected chi connectivity index (χ3v) is 7.04. The molecule has 8 nitrogen and oxygen atoms in total. The minimum Gasteiger partial charge on any atom is -0.494 e. The van der Waals surface area contributed by atoms with Gasteiger partial charge in [-0.1, -0.05) is 11.2 Å². The van der Waals surface area contributed by atoms with Gasteiger partial charge >= 0.3 is 6.01 Å². The molecular formula is C25H36N4O4. The lowest BCUT2D eigenvalue weighted by atomic mass is 9.90. The minimum absolute atomic E-state index is 0.116. The fourth-order valence-corrected chi connectivity index (χ4v) is 4.87. The molecule has 1 aliphatic carbocycles. The lowest BCUT2D eigenvalue weighted by molar-refractivity contribution is -0.127. The Kier molecular flexibility index (Phi) is 7.53. The highest BCUT2D eigenvalue weighted by molar-refractivity contribution is 5.78. The normalized spacial score (nSPS) is 20.7. The molecule has 0 radical (unpaired) electrons. The average molecular weight is 457 g/mol. The van der Waals surface area contributed by atoms with E-state index in [0.717, 1.165) is 60.7 Å². The van der Waals surface area contributed by atoms with Crippen LogP contribution in [0.1, 0.15) is 42.6 Å². The molecule has 1 aromatic heterocycles. The third kappa shape index (κ3) is 6.05. The Bertz CT molecular complexity index is 936. The number of carbonyl (C=O) groups is 1. The SMILES string of the molecule is COCc1noc(N2CCC([C@H]3C[C@H]3CCOc3ccc(CC(=O)N(C)C)c(C)c3)CC2)n1. The molecule has 33 heavy (non-hydrogen) atoms. The van der Waals surface area contributed by atoms with Gasteiger partial charge in [-0.2, -0.15) is 4.98 Å². The maximum absolute atomic E-state index is 12.0. The number of aromatic nitrogens is 2. The van der Waals surface area contributed by atoms with Crippen molar-refractivity contribution in [3.05, 3.63) is 35.2 Å². The zero-order chi connectivity index (χ0) is 23.4. The summed E-state index contributed by atoms with van der Waals surface area (Å²) in [5.74, 6) is 3.99. The van der Waals surface area contributed by atoms with Crippen LogP contribution < -0.4 is 9.64 Å². The van der Waals surface area contributed by atoms with Crippen LogP contribution in [-0.4, -0.2) is 61.8 Å². The number of methoxy groups -OCH3 is 1. The summed E-state index contributed by atoms with van der Waals surface area (Å²) in [5.41, 5.74) is 2.17. The molecule has 180 valence electrons. The Morgan fingerprint density at radius 2 is 2.06 bits per heavy atom. The van der Waals surface area contributed by atoms with Crippen LogP contribution in [-0.2, 0) is 22.6 Å². The molecule has 2 fully saturated rings. The zero-order valence-electron chi connectivity index (χ0n) is 20.2. The molecule has 2 atom stereocenters. The Balaban J connectivity index is 1.16. The molecule has 1 saturated carbocycles. The van der Waals surface area contributed by atoms with Crippen molar-refractivity contribution in [2.45, 2.75) is 45.6 Å². The van der Waals surface area contributed by atoms with Crippen molar-refractivity contribution in [2.24, 2.45) is 17.8 Å². The monoisotopic (exact) mass is 456 g/mol. The number of amides is 1. The molecule has 4 rings (SSSR count). The predicted molar refractivity (Wildman–Crippen MR) is 125 cm³/mol. The van der Waals surface area contributed by atoms with E-state index in [0.29, 0.717) is 24.9 Å². The second kappa shape index (κ2) is 10.5. The van der Waals surface area contributed by atoms with Crippen LogP contribution in [0.5, 0.6) is 5.75 Å². The van der Waals surface area contributed by atoms with Crippen molar-refractivity contribution in [2.75, 3.05) is 45.8 Å². The first-order valence-corrected chi connectivity index (χ1v) is 11.9. The summed E-state index contributed by atoms with van der Waals surface area (Å²) in [5, 5.41) is 3.96. The van der Waals surface area contributed by atoms with Gasteiger partial charge in [0.2, 0.25) is 5.91 Å². The number of rotatable bonds is 10. The van der Waals surface area contributed by atoms with Gasteiger partial charge in [0.15, 0.2) is 5.82 Å². The van der Waals surface area contributed by atoms with Gasteiger partial charge in [-0.05, 0) is 73.6 Å². The van der Waals surface area contributed by atoms with E-state index < -0.39 is 0 Å². The Hall–Kier alpha value is -2.61. The van der Waals surface area contributed by atoms with Gasteiger partial charge in [0.25, 0.3) is 0 Å². The van der Waals surface area contributed by atoms with E-state index in [1.807, 2.05) is 25.1 Å². The minimum atomic E-state index is 0.116. The quantitative estimate of drug-likeness (QED) is 0.541. The molecule has 1 aromatic carbocycles. The Labute approximate surface area is 196 Å². The van der Waals surface area contributed by atoms with E-state index in [1.165, 1.54) is 19.3 Å². The number of likely N-dealkylation sites (N-methyl/N-ethyl adjacent to an activating group) is 1. The highest BCUT2D eigenvalue weighted by atomic mass is 16.5. The number of aryl methyl sites for hydroxylation is 1. The van der Waals surface area contributed by atoms with Crippen LogP contribution in [0.3, 0.4) is 0 Å². The van der Waals surface area contributed by atoms with Crippen LogP contribution >= 0.6 is 0 Å². The molecule has 0 N–H and O–H groups in total. The highest BCUT2D eigenvalue weighted by Gasteiger charge is 2.43. The number of nitrogens with zero attached hydrogens (tertiary/aromatic N) is 4. The molecule has 1 aliphatic heterocycles. The maximum Gasteiger partial charge on any atom is 0.324 e. The molecule has 1 saturated heterocycles. The van der Waals surface area contributed by atoms with E-state index >= 15 is 0 Å². The molecule has 0 spiro atoms. The fourth-order valence-electron chi connectivity index (χ4n) is 4.87. The Morgan fingerprint density at radius 1 is 1.27 bits per heavy atom. The van der Waals surface area contributed by atoms with E-state index in [-0.39, 0.29) is 5.91 Å². The van der Waals surface area contributed by atoms with Crippen LogP contribution in [0.15, 0.2) is 22.7 Å². The van der Waals surface area contributed by atoms with Crippen molar-refractivity contribution >= 4 is 11.9 Å². The first-order chi connectivity index (χ1) is 15.9. The molecule has 8 heteroatoms. The van der Waals surface area contributed by atoms with Crippen molar-refractivity contribution in [3.63, 3.8) is 0 Å². The maximum atomic E-state index is 12.0. The number of hydrogen-bond donors (Lipinski definition) is 0. The van der Waals surface area contributed by atoms with Crippen LogP contribution in [0.2, 0.25) is 0 Å². The van der Waals surface area contributed by atoms with Gasteiger partial charge in [0.05, 0.1) is 13.0 Å². The summed E-state index contributed by atoms with van der Waals surface area (Å²) in [6.07, 6.45) is 5.21. The topological polar surface area (TPSA) is 80.9 Å². The van der Waals surface area contributed by atoms with E-state index in [4.69, 9.17) is 14.0 Å². The molecule has 1 amide bonds. The van der Waals surface area contributed by atoms with E-state index in [9.17, 15) is 4.79 Å². The average Bonchev–Trinajstić information content (AvgIpc) is 3.42. The zero-order valence-corrected chi connectivity index (χ0v) is 20.2. The lowest BCUT2D eigenvalue weighted by Crippen LogP contribution is -2.34. The number of ether oxygens (including phenoxy) is 2. The van der Waals surface area contributed by atoms with E-state index in [2.05, 4.69) is 15.0 Å². The first-order valence-electron chi connectivity index (χ1n) is 11.9. The van der Waals surface area contributed by atoms with Crippen molar-refractivity contribution in [1.29, 1.82) is 0 Å². The second-order valence-electron chi connectivity index (χ2n) is 9.60. The smallest absolute Gasteiger partial charge is 0.324 e. The summed E-state index contributed by atoms with van der Waals surface area (Å²) in [6, 6.07) is 6.67. The predicted octanol–water partition coefficient (Wildman–Crippen LogP) is 3.48. The van der Waals surface area contributed by atoms with Gasteiger partial charge in [0.1, 0.15) is 12.4 Å². The van der Waals surface area contributed by atoms with Crippen molar-refractivity contribution in [3.8, 4) is 5.75 Å². The second-order valence-corrected chi connectivity index (χ2v) is 9.60. The van der Waals surface area contributed by atoms with E-state index in [1.54, 1.807) is 26.1 Å². The van der Waals surface area contributed by atoms with Crippen molar-refractivity contribution in [1.82, 2.24) is 15.0 Å². The standard InChI is InChI=1S/C25H36N4O4/c1-17-13-21(6-5-19(17)15-24(30)28(2)3)32-12-9-20-14-22(20)18-7-10-29(11-8-18)25-26-23(16-31-4)27-33-25/h5-6,13,18,20,22H,7-12,14-16H2,1-4H3/t20-,22-/m1/s1. The third-order valence-electron chi connectivity index (χ3n) is 7.04. The molecule has 0 bridgehead atoms. The number of hydrogen-bond acceptors (Lipinski definition) is 7. The fraction of sp³-hybridized carbons (Fsp3) is 0.640. The molecular weight excluding hydrogens is 420 g/mol. The molecule has 2 aromatic rings. The van der Waals surface area contributed by atoms with Gasteiger partial charge < -0.3 is 23.8 Å². The summed E-state index contributed by atoms with van der Waals surface area (Å²) < 4.78 is 16.5.